The van der Waals surface area contributed by atoms with Crippen molar-refractivity contribution in [3.05, 3.63) is 36.0 Å². The van der Waals surface area contributed by atoms with Crippen LogP contribution in [-0.2, 0) is 20.2 Å². The monoisotopic (exact) mass is 443 g/mol. The van der Waals surface area contributed by atoms with Gasteiger partial charge in [0.1, 0.15) is 5.82 Å². The van der Waals surface area contributed by atoms with E-state index in [0.29, 0.717) is 23.9 Å². The fourth-order valence-electron chi connectivity index (χ4n) is 4.80. The standard InChI is InChI=1S/C21H25N5O4S/c1-20(28)9-3-4-16(20)26-17-15(21(10-11-21)18(26)27)12-23-19(25-17)24-13-5-7-14(8-6-13)31(29,30)22-2/h5-8,12,16,22,28H,3-4,9-11H2,1-2H3,(H,23,24,25)/t16-,20+/m1/s1. The minimum absolute atomic E-state index is 0.0164. The Morgan fingerprint density at radius 3 is 2.48 bits per heavy atom. The van der Waals surface area contributed by atoms with Gasteiger partial charge in [0.15, 0.2) is 0 Å². The van der Waals surface area contributed by atoms with Crippen LogP contribution in [0.3, 0.4) is 0 Å². The molecule has 2 saturated carbocycles. The number of nitrogens with zero attached hydrogens (tertiary/aromatic N) is 3. The van der Waals surface area contributed by atoms with Crippen molar-refractivity contribution >= 4 is 33.4 Å². The maximum absolute atomic E-state index is 13.3. The van der Waals surface area contributed by atoms with E-state index in [1.54, 1.807) is 30.2 Å². The molecule has 1 aliphatic heterocycles. The maximum atomic E-state index is 13.3. The summed E-state index contributed by atoms with van der Waals surface area (Å²) in [4.78, 5) is 24.2. The van der Waals surface area contributed by atoms with Crippen molar-refractivity contribution < 1.29 is 18.3 Å². The lowest BCUT2D eigenvalue weighted by Crippen LogP contribution is -2.50. The summed E-state index contributed by atoms with van der Waals surface area (Å²) in [6, 6.07) is 5.95. The number of hydrogen-bond donors (Lipinski definition) is 3. The van der Waals surface area contributed by atoms with Crippen LogP contribution in [0.2, 0.25) is 0 Å². The fraction of sp³-hybridized carbons (Fsp3) is 0.476. The number of rotatable bonds is 5. The Kier molecular flexibility index (Phi) is 4.41. The molecule has 2 atom stereocenters. The van der Waals surface area contributed by atoms with Crippen LogP contribution in [0.1, 0.15) is 44.6 Å². The molecule has 1 amide bonds. The second kappa shape index (κ2) is 6.72. The summed E-state index contributed by atoms with van der Waals surface area (Å²) >= 11 is 0. The van der Waals surface area contributed by atoms with Gasteiger partial charge in [-0.05, 0) is 70.3 Å². The SMILES string of the molecule is CNS(=O)(=O)c1ccc(Nc2ncc3c(n2)N([C@@H]2CCC[C@]2(C)O)C(=O)C32CC2)cc1. The Morgan fingerprint density at radius 2 is 1.90 bits per heavy atom. The second-order valence-corrected chi connectivity index (χ2v) is 10.7. The van der Waals surface area contributed by atoms with Crippen LogP contribution in [0.5, 0.6) is 0 Å². The Bertz CT molecular complexity index is 1160. The van der Waals surface area contributed by atoms with Gasteiger partial charge in [0.25, 0.3) is 0 Å². The Morgan fingerprint density at radius 1 is 1.19 bits per heavy atom. The van der Waals surface area contributed by atoms with Gasteiger partial charge in [0, 0.05) is 17.4 Å². The molecule has 0 bridgehead atoms. The molecule has 1 aromatic heterocycles. The molecule has 1 spiro atoms. The average Bonchev–Trinajstić information content (AvgIpc) is 3.42. The summed E-state index contributed by atoms with van der Waals surface area (Å²) in [6.45, 7) is 1.79. The zero-order valence-corrected chi connectivity index (χ0v) is 18.2. The third-order valence-corrected chi connectivity index (χ3v) is 8.20. The molecule has 0 radical (unpaired) electrons. The Balaban J connectivity index is 1.47. The molecule has 2 heterocycles. The molecule has 10 heteroatoms. The first-order chi connectivity index (χ1) is 14.7. The molecule has 2 fully saturated rings. The van der Waals surface area contributed by atoms with Crippen LogP contribution in [0.25, 0.3) is 0 Å². The van der Waals surface area contributed by atoms with E-state index in [1.165, 1.54) is 19.2 Å². The molecule has 3 aliphatic rings. The number of nitrogens with one attached hydrogen (secondary N) is 2. The van der Waals surface area contributed by atoms with Gasteiger partial charge in [-0.25, -0.2) is 18.1 Å². The van der Waals surface area contributed by atoms with Crippen LogP contribution >= 0.6 is 0 Å². The number of aliphatic hydroxyl groups is 1. The summed E-state index contributed by atoms with van der Waals surface area (Å²) < 4.78 is 26.1. The van der Waals surface area contributed by atoms with Gasteiger partial charge < -0.3 is 10.4 Å². The predicted octanol–water partition coefficient (Wildman–Crippen LogP) is 1.81. The van der Waals surface area contributed by atoms with E-state index in [4.69, 9.17) is 0 Å². The van der Waals surface area contributed by atoms with Gasteiger partial charge in [0.2, 0.25) is 21.9 Å². The minimum Gasteiger partial charge on any atom is -0.388 e. The lowest BCUT2D eigenvalue weighted by Gasteiger charge is -2.33. The number of sulfonamides is 1. The predicted molar refractivity (Wildman–Crippen MR) is 115 cm³/mol. The molecule has 2 aliphatic carbocycles. The van der Waals surface area contributed by atoms with Crippen molar-refractivity contribution in [3.63, 3.8) is 0 Å². The summed E-state index contributed by atoms with van der Waals surface area (Å²) in [5, 5.41) is 13.9. The smallest absolute Gasteiger partial charge is 0.240 e. The van der Waals surface area contributed by atoms with Crippen LogP contribution < -0.4 is 14.9 Å². The molecule has 2 aromatic rings. The number of hydrogen-bond acceptors (Lipinski definition) is 7. The van der Waals surface area contributed by atoms with E-state index in [0.717, 1.165) is 31.2 Å². The highest BCUT2D eigenvalue weighted by molar-refractivity contribution is 7.89. The molecule has 0 unspecified atom stereocenters. The average molecular weight is 444 g/mol. The molecular weight excluding hydrogens is 418 g/mol. The van der Waals surface area contributed by atoms with Crippen LogP contribution in [0.4, 0.5) is 17.5 Å². The lowest BCUT2D eigenvalue weighted by atomic mass is 9.98. The first kappa shape index (κ1) is 20.3. The molecular formula is C21H25N5O4S. The quantitative estimate of drug-likeness (QED) is 0.644. The molecule has 0 saturated heterocycles. The van der Waals surface area contributed by atoms with Crippen LogP contribution in [-0.4, -0.2) is 48.1 Å². The summed E-state index contributed by atoms with van der Waals surface area (Å²) in [7, 11) is -2.15. The first-order valence-corrected chi connectivity index (χ1v) is 11.9. The van der Waals surface area contributed by atoms with E-state index in [9.17, 15) is 18.3 Å². The number of fused-ring (bicyclic) bond motifs is 2. The van der Waals surface area contributed by atoms with Gasteiger partial charge in [-0.1, -0.05) is 0 Å². The van der Waals surface area contributed by atoms with Gasteiger partial charge in [-0.3, -0.25) is 9.69 Å². The van der Waals surface area contributed by atoms with Crippen molar-refractivity contribution in [2.24, 2.45) is 0 Å². The van der Waals surface area contributed by atoms with Gasteiger partial charge in [-0.2, -0.15) is 4.98 Å². The highest BCUT2D eigenvalue weighted by Crippen LogP contribution is 2.58. The summed E-state index contributed by atoms with van der Waals surface area (Å²) in [5.41, 5.74) is -0.0166. The van der Waals surface area contributed by atoms with Gasteiger partial charge in [0.05, 0.1) is 22.0 Å². The molecule has 9 nitrogen and oxygen atoms in total. The molecule has 164 valence electrons. The lowest BCUT2D eigenvalue weighted by molar-refractivity contribution is -0.121. The fourth-order valence-corrected chi connectivity index (χ4v) is 5.53. The van der Waals surface area contributed by atoms with Crippen LogP contribution in [0, 0.1) is 0 Å². The largest absolute Gasteiger partial charge is 0.388 e. The summed E-state index contributed by atoms with van der Waals surface area (Å²) in [6.07, 6.45) is 5.52. The third-order valence-electron chi connectivity index (χ3n) is 6.77. The topological polar surface area (TPSA) is 125 Å². The number of aromatic nitrogens is 2. The van der Waals surface area contributed by atoms with Crippen LogP contribution in [0.15, 0.2) is 35.4 Å². The number of amides is 1. The maximum Gasteiger partial charge on any atom is 0.240 e. The minimum atomic E-state index is -3.51. The second-order valence-electron chi connectivity index (χ2n) is 8.81. The highest BCUT2D eigenvalue weighted by atomic mass is 32.2. The van der Waals surface area contributed by atoms with Crippen molar-refractivity contribution in [1.82, 2.24) is 14.7 Å². The highest BCUT2D eigenvalue weighted by Gasteiger charge is 2.63. The van der Waals surface area contributed by atoms with E-state index in [1.807, 2.05) is 0 Å². The van der Waals surface area contributed by atoms with E-state index in [-0.39, 0.29) is 16.8 Å². The number of benzene rings is 1. The number of carbonyl (C=O) groups excluding carboxylic acids is 1. The molecule has 5 rings (SSSR count). The van der Waals surface area contributed by atoms with E-state index >= 15 is 0 Å². The normalized spacial score (nSPS) is 26.4. The molecule has 1 aromatic carbocycles. The number of carbonyl (C=O) groups is 1. The number of anilines is 3. The van der Waals surface area contributed by atoms with E-state index < -0.39 is 21.0 Å². The third kappa shape index (κ3) is 3.12. The van der Waals surface area contributed by atoms with Crippen molar-refractivity contribution in [3.8, 4) is 0 Å². The Hall–Kier alpha value is -2.56. The molecule has 3 N–H and O–H groups in total. The van der Waals surface area contributed by atoms with E-state index in [2.05, 4.69) is 20.0 Å². The van der Waals surface area contributed by atoms with Crippen molar-refractivity contribution in [2.75, 3.05) is 17.3 Å². The van der Waals surface area contributed by atoms with Crippen molar-refractivity contribution in [2.45, 2.75) is 61.0 Å². The van der Waals surface area contributed by atoms with Gasteiger partial charge in [-0.15, -0.1) is 0 Å². The zero-order valence-electron chi connectivity index (χ0n) is 17.4. The first-order valence-electron chi connectivity index (χ1n) is 10.4. The van der Waals surface area contributed by atoms with Gasteiger partial charge >= 0.3 is 0 Å². The Labute approximate surface area is 181 Å². The molecule has 31 heavy (non-hydrogen) atoms. The van der Waals surface area contributed by atoms with Crippen molar-refractivity contribution in [1.29, 1.82) is 0 Å². The summed E-state index contributed by atoms with van der Waals surface area (Å²) in [5.74, 6) is 0.903. The zero-order chi connectivity index (χ0) is 22.0.